The van der Waals surface area contributed by atoms with Crippen molar-refractivity contribution in [3.8, 4) is 0 Å². The minimum Gasteiger partial charge on any atom is -0.350 e. The van der Waals surface area contributed by atoms with Crippen LogP contribution in [0.15, 0.2) is 29.2 Å². The zero-order valence-electron chi connectivity index (χ0n) is 14.1. The van der Waals surface area contributed by atoms with E-state index in [1.165, 1.54) is 12.1 Å². The van der Waals surface area contributed by atoms with Crippen LogP contribution in [0.1, 0.15) is 50.4 Å². The Morgan fingerprint density at radius 3 is 2.35 bits per heavy atom. The number of benzene rings is 1. The number of carbonyl (C=O) groups excluding carboxylic acids is 1. The van der Waals surface area contributed by atoms with E-state index in [4.69, 9.17) is 0 Å². The molecule has 2 rings (SSSR count). The molecule has 1 fully saturated rings. The third-order valence-electron chi connectivity index (χ3n) is 4.49. The first-order valence-electron chi connectivity index (χ1n) is 8.25. The molecule has 0 saturated carbocycles. The molecule has 5 nitrogen and oxygen atoms in total. The Bertz CT molecular complexity index is 632. The molecule has 1 amide bonds. The number of rotatable bonds is 5. The van der Waals surface area contributed by atoms with Crippen LogP contribution in [-0.4, -0.2) is 37.8 Å². The van der Waals surface area contributed by atoms with Crippen molar-refractivity contribution in [3.63, 3.8) is 0 Å². The topological polar surface area (TPSA) is 66.5 Å². The number of amides is 1. The van der Waals surface area contributed by atoms with Crippen molar-refractivity contribution in [3.05, 3.63) is 29.8 Å². The number of hydrogen-bond acceptors (Lipinski definition) is 3. The molecule has 1 aliphatic rings. The van der Waals surface area contributed by atoms with Gasteiger partial charge in [0.25, 0.3) is 5.91 Å². The van der Waals surface area contributed by atoms with E-state index in [1.807, 2.05) is 13.8 Å². The van der Waals surface area contributed by atoms with Gasteiger partial charge in [-0.05, 0) is 56.4 Å². The van der Waals surface area contributed by atoms with Gasteiger partial charge in [0.2, 0.25) is 10.0 Å². The highest BCUT2D eigenvalue weighted by Crippen LogP contribution is 2.23. The van der Waals surface area contributed by atoms with Gasteiger partial charge in [-0.2, -0.15) is 4.31 Å². The van der Waals surface area contributed by atoms with Gasteiger partial charge in [-0.25, -0.2) is 8.42 Å². The summed E-state index contributed by atoms with van der Waals surface area (Å²) in [7, 11) is -3.45. The summed E-state index contributed by atoms with van der Waals surface area (Å²) in [6, 6.07) is 6.31. The average molecular weight is 338 g/mol. The molecule has 0 aliphatic carbocycles. The second-order valence-electron chi connectivity index (χ2n) is 6.39. The van der Waals surface area contributed by atoms with Gasteiger partial charge in [-0.3, -0.25) is 4.79 Å². The van der Waals surface area contributed by atoms with Crippen LogP contribution in [0.2, 0.25) is 0 Å². The van der Waals surface area contributed by atoms with Crippen LogP contribution in [0.5, 0.6) is 0 Å². The molecule has 1 saturated heterocycles. The molecule has 128 valence electrons. The van der Waals surface area contributed by atoms with E-state index >= 15 is 0 Å². The highest BCUT2D eigenvalue weighted by Gasteiger charge is 2.28. The Balaban J connectivity index is 2.11. The van der Waals surface area contributed by atoms with Gasteiger partial charge in [0.15, 0.2) is 0 Å². The number of nitrogens with one attached hydrogen (secondary N) is 1. The second kappa shape index (κ2) is 7.45. The molecule has 1 heterocycles. The van der Waals surface area contributed by atoms with Crippen LogP contribution >= 0.6 is 0 Å². The minimum atomic E-state index is -3.45. The Morgan fingerprint density at radius 2 is 1.83 bits per heavy atom. The summed E-state index contributed by atoms with van der Waals surface area (Å²) < 4.78 is 26.8. The van der Waals surface area contributed by atoms with Crippen molar-refractivity contribution < 1.29 is 13.2 Å². The molecule has 0 unspecified atom stereocenters. The largest absolute Gasteiger partial charge is 0.350 e. The number of hydrogen-bond donors (Lipinski definition) is 1. The highest BCUT2D eigenvalue weighted by atomic mass is 32.2. The van der Waals surface area contributed by atoms with Gasteiger partial charge in [-0.15, -0.1) is 0 Å². The van der Waals surface area contributed by atoms with Crippen LogP contribution in [0.25, 0.3) is 0 Å². The lowest BCUT2D eigenvalue weighted by Crippen LogP contribution is -2.37. The Morgan fingerprint density at radius 1 is 1.26 bits per heavy atom. The Kier molecular flexibility index (Phi) is 5.81. The van der Waals surface area contributed by atoms with Gasteiger partial charge in [-0.1, -0.05) is 13.8 Å². The van der Waals surface area contributed by atoms with Crippen LogP contribution in [0.4, 0.5) is 0 Å². The van der Waals surface area contributed by atoms with Crippen molar-refractivity contribution in [1.82, 2.24) is 9.62 Å². The standard InChI is InChI=1S/C17H26N2O3S/c1-4-14(3)18-17(20)15-5-7-16(8-6-15)23(21,22)19-11-9-13(2)10-12-19/h5-8,13-14H,4,9-12H2,1-3H3,(H,18,20)/t14-/m0/s1. The molecule has 6 heteroatoms. The molecule has 1 atom stereocenters. The maximum Gasteiger partial charge on any atom is 0.251 e. The summed E-state index contributed by atoms with van der Waals surface area (Å²) in [6.45, 7) is 7.22. The third kappa shape index (κ3) is 4.32. The molecule has 0 bridgehead atoms. The monoisotopic (exact) mass is 338 g/mol. The minimum absolute atomic E-state index is 0.0984. The first-order chi connectivity index (χ1) is 10.8. The van der Waals surface area contributed by atoms with Crippen LogP contribution in [0.3, 0.4) is 0 Å². The predicted octanol–water partition coefficient (Wildman–Crippen LogP) is 2.64. The first-order valence-corrected chi connectivity index (χ1v) is 9.69. The van der Waals surface area contributed by atoms with Gasteiger partial charge >= 0.3 is 0 Å². The molecule has 1 aromatic rings. The van der Waals surface area contributed by atoms with Gasteiger partial charge in [0.05, 0.1) is 4.90 Å². The molecular weight excluding hydrogens is 312 g/mol. The predicted molar refractivity (Wildman–Crippen MR) is 90.8 cm³/mol. The maximum absolute atomic E-state index is 12.6. The van der Waals surface area contributed by atoms with E-state index < -0.39 is 10.0 Å². The number of nitrogens with zero attached hydrogens (tertiary/aromatic N) is 1. The fourth-order valence-corrected chi connectivity index (χ4v) is 4.03. The van der Waals surface area contributed by atoms with Crippen molar-refractivity contribution in [1.29, 1.82) is 0 Å². The van der Waals surface area contributed by atoms with Gasteiger partial charge in [0.1, 0.15) is 0 Å². The zero-order chi connectivity index (χ0) is 17.0. The summed E-state index contributed by atoms with van der Waals surface area (Å²) in [4.78, 5) is 12.3. The van der Waals surface area contributed by atoms with E-state index in [0.29, 0.717) is 24.6 Å². The summed E-state index contributed by atoms with van der Waals surface area (Å²) >= 11 is 0. The average Bonchev–Trinajstić information content (AvgIpc) is 2.55. The smallest absolute Gasteiger partial charge is 0.251 e. The molecule has 0 radical (unpaired) electrons. The van der Waals surface area contributed by atoms with E-state index in [9.17, 15) is 13.2 Å². The fraction of sp³-hybridized carbons (Fsp3) is 0.588. The second-order valence-corrected chi connectivity index (χ2v) is 8.33. The lowest BCUT2D eigenvalue weighted by atomic mass is 10.0. The normalized spacial score (nSPS) is 18.6. The Labute approximate surface area is 139 Å². The number of carbonyl (C=O) groups is 1. The third-order valence-corrected chi connectivity index (χ3v) is 6.40. The SMILES string of the molecule is CC[C@H](C)NC(=O)c1ccc(S(=O)(=O)N2CCC(C)CC2)cc1. The summed E-state index contributed by atoms with van der Waals surface area (Å²) in [6.07, 6.45) is 2.65. The van der Waals surface area contributed by atoms with Crippen LogP contribution in [-0.2, 0) is 10.0 Å². The first kappa shape index (κ1) is 17.9. The summed E-state index contributed by atoms with van der Waals surface area (Å²) in [5.41, 5.74) is 0.483. The highest BCUT2D eigenvalue weighted by molar-refractivity contribution is 7.89. The molecule has 1 N–H and O–H groups in total. The van der Waals surface area contributed by atoms with Crippen LogP contribution < -0.4 is 5.32 Å². The van der Waals surface area contributed by atoms with Gasteiger partial charge < -0.3 is 5.32 Å². The lowest BCUT2D eigenvalue weighted by Gasteiger charge is -2.29. The molecule has 23 heavy (non-hydrogen) atoms. The maximum atomic E-state index is 12.6. The molecular formula is C17H26N2O3S. The zero-order valence-corrected chi connectivity index (χ0v) is 14.9. The van der Waals surface area contributed by atoms with Crippen molar-refractivity contribution in [2.24, 2.45) is 5.92 Å². The molecule has 1 aromatic carbocycles. The fourth-order valence-electron chi connectivity index (χ4n) is 2.56. The van der Waals surface area contributed by atoms with Crippen LogP contribution in [0, 0.1) is 5.92 Å². The van der Waals surface area contributed by atoms with Crippen molar-refractivity contribution >= 4 is 15.9 Å². The van der Waals surface area contributed by atoms with Gasteiger partial charge in [0, 0.05) is 24.7 Å². The molecule has 0 spiro atoms. The van der Waals surface area contributed by atoms with Crippen molar-refractivity contribution in [2.45, 2.75) is 51.0 Å². The summed E-state index contributed by atoms with van der Waals surface area (Å²) in [5.74, 6) is 0.406. The molecule has 1 aliphatic heterocycles. The lowest BCUT2D eigenvalue weighted by molar-refractivity contribution is 0.0939. The molecule has 0 aromatic heterocycles. The van der Waals surface area contributed by atoms with E-state index in [1.54, 1.807) is 16.4 Å². The number of piperidine rings is 1. The quantitative estimate of drug-likeness (QED) is 0.897. The Hall–Kier alpha value is -1.40. The van der Waals surface area contributed by atoms with Crippen molar-refractivity contribution in [2.75, 3.05) is 13.1 Å². The van der Waals surface area contributed by atoms with E-state index in [0.717, 1.165) is 19.3 Å². The number of sulfonamides is 1. The van der Waals surface area contributed by atoms with E-state index in [2.05, 4.69) is 12.2 Å². The van der Waals surface area contributed by atoms with E-state index in [-0.39, 0.29) is 16.8 Å². The summed E-state index contributed by atoms with van der Waals surface area (Å²) in [5, 5.41) is 2.87.